The third kappa shape index (κ3) is 4.12. The summed E-state index contributed by atoms with van der Waals surface area (Å²) < 4.78 is 10.6. The molecule has 148 valence electrons. The van der Waals surface area contributed by atoms with Crippen LogP contribution < -0.4 is 14.9 Å². The number of para-hydroxylation sites is 1. The van der Waals surface area contributed by atoms with Crippen molar-refractivity contribution in [1.29, 1.82) is 0 Å². The summed E-state index contributed by atoms with van der Waals surface area (Å²) in [5, 5.41) is 15.4. The van der Waals surface area contributed by atoms with E-state index in [1.165, 1.54) is 13.3 Å². The predicted octanol–water partition coefficient (Wildman–Crippen LogP) is 3.09. The van der Waals surface area contributed by atoms with Crippen LogP contribution in [0, 0.1) is 0 Å². The molecule has 0 heterocycles. The molecule has 0 aliphatic rings. The molecule has 0 radical (unpaired) electrons. The van der Waals surface area contributed by atoms with Crippen LogP contribution in [-0.4, -0.2) is 31.4 Å². The number of amides is 1. The molecular formula is C23H22N2O4. The Hall–Kier alpha value is -3.64. The second kappa shape index (κ2) is 9.03. The van der Waals surface area contributed by atoms with Crippen molar-refractivity contribution in [3.05, 3.63) is 95.6 Å². The first-order valence-electron chi connectivity index (χ1n) is 8.99. The Morgan fingerprint density at radius 3 is 2.00 bits per heavy atom. The van der Waals surface area contributed by atoms with Crippen LogP contribution in [0.15, 0.2) is 84.0 Å². The van der Waals surface area contributed by atoms with E-state index < -0.39 is 11.5 Å². The van der Waals surface area contributed by atoms with E-state index in [4.69, 9.17) is 9.47 Å². The minimum Gasteiger partial charge on any atom is -0.493 e. The van der Waals surface area contributed by atoms with Crippen molar-refractivity contribution >= 4 is 12.1 Å². The van der Waals surface area contributed by atoms with Crippen LogP contribution in [0.5, 0.6) is 11.5 Å². The lowest BCUT2D eigenvalue weighted by atomic mass is 9.85. The van der Waals surface area contributed by atoms with E-state index >= 15 is 0 Å². The van der Waals surface area contributed by atoms with Gasteiger partial charge in [-0.25, -0.2) is 5.43 Å². The van der Waals surface area contributed by atoms with Crippen LogP contribution in [0.4, 0.5) is 0 Å². The number of hydrogen-bond acceptors (Lipinski definition) is 5. The molecule has 3 aromatic carbocycles. The molecular weight excluding hydrogens is 368 g/mol. The van der Waals surface area contributed by atoms with Crippen LogP contribution in [0.2, 0.25) is 0 Å². The molecule has 0 fully saturated rings. The molecule has 3 rings (SSSR count). The Labute approximate surface area is 169 Å². The topological polar surface area (TPSA) is 80.2 Å². The largest absolute Gasteiger partial charge is 0.493 e. The van der Waals surface area contributed by atoms with Gasteiger partial charge >= 0.3 is 0 Å². The normalized spacial score (nSPS) is 11.3. The lowest BCUT2D eigenvalue weighted by Crippen LogP contribution is -2.43. The average Bonchev–Trinajstić information content (AvgIpc) is 2.79. The molecule has 1 amide bonds. The number of nitrogens with one attached hydrogen (secondary N) is 1. The summed E-state index contributed by atoms with van der Waals surface area (Å²) in [7, 11) is 3.07. The summed E-state index contributed by atoms with van der Waals surface area (Å²) in [6.07, 6.45) is 1.44. The van der Waals surface area contributed by atoms with Crippen molar-refractivity contribution in [1.82, 2.24) is 5.43 Å². The van der Waals surface area contributed by atoms with E-state index in [1.54, 1.807) is 73.8 Å². The van der Waals surface area contributed by atoms with Crippen LogP contribution in [0.1, 0.15) is 16.7 Å². The van der Waals surface area contributed by atoms with Gasteiger partial charge in [0.05, 0.1) is 20.4 Å². The molecule has 0 saturated heterocycles. The van der Waals surface area contributed by atoms with Gasteiger partial charge in [-0.1, -0.05) is 66.7 Å². The van der Waals surface area contributed by atoms with Crippen LogP contribution in [-0.2, 0) is 10.4 Å². The maximum Gasteiger partial charge on any atom is 0.281 e. The quantitative estimate of drug-likeness (QED) is 0.480. The van der Waals surface area contributed by atoms with E-state index in [1.807, 2.05) is 12.1 Å². The zero-order valence-electron chi connectivity index (χ0n) is 16.2. The minimum atomic E-state index is -1.89. The first kappa shape index (κ1) is 20.1. The van der Waals surface area contributed by atoms with E-state index in [2.05, 4.69) is 10.5 Å². The summed E-state index contributed by atoms with van der Waals surface area (Å²) >= 11 is 0. The highest BCUT2D eigenvalue weighted by molar-refractivity contribution is 5.91. The molecule has 0 atom stereocenters. The molecule has 0 spiro atoms. The van der Waals surface area contributed by atoms with Gasteiger partial charge in [-0.05, 0) is 23.3 Å². The first-order chi connectivity index (χ1) is 14.1. The highest BCUT2D eigenvalue weighted by atomic mass is 16.5. The Morgan fingerprint density at radius 2 is 1.48 bits per heavy atom. The fourth-order valence-electron chi connectivity index (χ4n) is 3.04. The number of carbonyl (C=O) groups excluding carboxylic acids is 1. The van der Waals surface area contributed by atoms with Crippen LogP contribution >= 0.6 is 0 Å². The van der Waals surface area contributed by atoms with Gasteiger partial charge < -0.3 is 14.6 Å². The number of rotatable bonds is 7. The first-order valence-corrected chi connectivity index (χ1v) is 8.99. The highest BCUT2D eigenvalue weighted by Crippen LogP contribution is 2.31. The molecule has 0 bridgehead atoms. The summed E-state index contributed by atoms with van der Waals surface area (Å²) in [6.45, 7) is 0. The molecule has 2 N–H and O–H groups in total. The van der Waals surface area contributed by atoms with Crippen LogP contribution in [0.25, 0.3) is 0 Å². The molecule has 0 unspecified atom stereocenters. The van der Waals surface area contributed by atoms with Crippen molar-refractivity contribution in [3.8, 4) is 11.5 Å². The minimum absolute atomic E-state index is 0.442. The third-order valence-electron chi connectivity index (χ3n) is 4.51. The van der Waals surface area contributed by atoms with E-state index in [9.17, 15) is 9.90 Å². The summed E-state index contributed by atoms with van der Waals surface area (Å²) in [4.78, 5) is 13.0. The SMILES string of the molecule is COc1cccc(/C=N\NC(=O)C(O)(c2ccccc2)c2ccccc2)c1OC. The summed E-state index contributed by atoms with van der Waals surface area (Å²) in [6, 6.07) is 22.8. The van der Waals surface area contributed by atoms with E-state index in [0.717, 1.165) is 0 Å². The number of aliphatic hydroxyl groups is 1. The lowest BCUT2D eigenvalue weighted by Gasteiger charge is -2.27. The van der Waals surface area contributed by atoms with Crippen molar-refractivity contribution in [2.75, 3.05) is 14.2 Å². The summed E-state index contributed by atoms with van der Waals surface area (Å²) in [5.41, 5.74) is 2.06. The van der Waals surface area contributed by atoms with Gasteiger partial charge in [0.2, 0.25) is 0 Å². The second-order valence-electron chi connectivity index (χ2n) is 6.22. The standard InChI is InChI=1S/C23H22N2O4/c1-28-20-15-9-10-17(21(20)29-2)16-24-25-22(26)23(27,18-11-5-3-6-12-18)19-13-7-4-8-14-19/h3-16,27H,1-2H3,(H,25,26)/b24-16-. The Morgan fingerprint density at radius 1 is 0.897 bits per heavy atom. The number of nitrogens with zero attached hydrogens (tertiary/aromatic N) is 1. The maximum absolute atomic E-state index is 13.0. The number of methoxy groups -OCH3 is 2. The fraction of sp³-hybridized carbons (Fsp3) is 0.130. The van der Waals surface area contributed by atoms with Crippen molar-refractivity contribution in [2.24, 2.45) is 5.10 Å². The predicted molar refractivity (Wildman–Crippen MR) is 111 cm³/mol. The second-order valence-corrected chi connectivity index (χ2v) is 6.22. The fourth-order valence-corrected chi connectivity index (χ4v) is 3.04. The number of benzene rings is 3. The van der Waals surface area contributed by atoms with Gasteiger partial charge in [0, 0.05) is 5.56 Å². The number of hydrazone groups is 1. The molecule has 0 saturated carbocycles. The third-order valence-corrected chi connectivity index (χ3v) is 4.51. The van der Waals surface area contributed by atoms with E-state index in [0.29, 0.717) is 28.2 Å². The lowest BCUT2D eigenvalue weighted by molar-refractivity contribution is -0.136. The molecule has 0 aromatic heterocycles. The van der Waals surface area contributed by atoms with Crippen molar-refractivity contribution < 1.29 is 19.4 Å². The van der Waals surface area contributed by atoms with Gasteiger partial charge in [-0.3, -0.25) is 4.79 Å². The monoisotopic (exact) mass is 390 g/mol. The van der Waals surface area contributed by atoms with E-state index in [-0.39, 0.29) is 0 Å². The van der Waals surface area contributed by atoms with Crippen molar-refractivity contribution in [3.63, 3.8) is 0 Å². The van der Waals surface area contributed by atoms with Gasteiger partial charge in [0.1, 0.15) is 0 Å². The number of hydrogen-bond donors (Lipinski definition) is 2. The summed E-state index contributed by atoms with van der Waals surface area (Å²) in [5.74, 6) is 0.371. The highest BCUT2D eigenvalue weighted by Gasteiger charge is 2.39. The van der Waals surface area contributed by atoms with Gasteiger partial charge in [0.15, 0.2) is 17.1 Å². The van der Waals surface area contributed by atoms with Gasteiger partial charge in [-0.2, -0.15) is 5.10 Å². The Balaban J connectivity index is 1.90. The molecule has 6 nitrogen and oxygen atoms in total. The van der Waals surface area contributed by atoms with Crippen molar-refractivity contribution in [2.45, 2.75) is 5.60 Å². The van der Waals surface area contributed by atoms with Crippen LogP contribution in [0.3, 0.4) is 0 Å². The Bertz CT molecular complexity index is 949. The zero-order chi connectivity index (χ0) is 20.7. The Kier molecular flexibility index (Phi) is 6.26. The maximum atomic E-state index is 13.0. The smallest absolute Gasteiger partial charge is 0.281 e. The van der Waals surface area contributed by atoms with Gasteiger partial charge in [0.25, 0.3) is 5.91 Å². The molecule has 6 heteroatoms. The number of carbonyl (C=O) groups is 1. The number of ether oxygens (including phenoxy) is 2. The zero-order valence-corrected chi connectivity index (χ0v) is 16.2. The molecule has 0 aliphatic carbocycles. The molecule has 0 aliphatic heterocycles. The van der Waals surface area contributed by atoms with Gasteiger partial charge in [-0.15, -0.1) is 0 Å². The average molecular weight is 390 g/mol. The molecule has 3 aromatic rings. The molecule has 29 heavy (non-hydrogen) atoms.